The van der Waals surface area contributed by atoms with Gasteiger partial charge in [-0.2, -0.15) is 5.10 Å². The van der Waals surface area contributed by atoms with Crippen molar-refractivity contribution in [2.75, 3.05) is 5.32 Å². The largest absolute Gasteiger partial charge is 0.302 e. The minimum atomic E-state index is -0.0103. The Morgan fingerprint density at radius 3 is 2.96 bits per heavy atom. The van der Waals surface area contributed by atoms with Gasteiger partial charge in [-0.05, 0) is 43.2 Å². The van der Waals surface area contributed by atoms with Crippen LogP contribution in [0.4, 0.5) is 5.13 Å². The Bertz CT molecular complexity index is 900. The molecule has 1 atom stereocenters. The molecule has 1 amide bonds. The van der Waals surface area contributed by atoms with Gasteiger partial charge in [0.2, 0.25) is 5.91 Å². The van der Waals surface area contributed by atoms with Crippen LogP contribution < -0.4 is 5.32 Å². The Balaban J connectivity index is 1.36. The lowest BCUT2D eigenvalue weighted by molar-refractivity contribution is -0.116. The molecule has 4 rings (SSSR count). The first-order chi connectivity index (χ1) is 12.7. The lowest BCUT2D eigenvalue weighted by Crippen LogP contribution is -2.14. The second-order valence-corrected chi connectivity index (χ2v) is 7.90. The highest BCUT2D eigenvalue weighted by atomic mass is 32.1. The number of hydrogen-bond acceptors (Lipinski definition) is 4. The molecule has 0 bridgehead atoms. The van der Waals surface area contributed by atoms with Crippen LogP contribution in [0.5, 0.6) is 0 Å². The highest BCUT2D eigenvalue weighted by Crippen LogP contribution is 2.36. The van der Waals surface area contributed by atoms with E-state index in [0.29, 0.717) is 18.9 Å². The Labute approximate surface area is 157 Å². The predicted octanol–water partition coefficient (Wildman–Crippen LogP) is 3.95. The topological polar surface area (TPSA) is 59.8 Å². The fraction of sp³-hybridized carbons (Fsp3) is 0.350. The van der Waals surface area contributed by atoms with Gasteiger partial charge in [-0.1, -0.05) is 30.3 Å². The molecular weight excluding hydrogens is 344 g/mol. The molecule has 1 N–H and O–H groups in total. The number of aryl methyl sites for hydroxylation is 3. The van der Waals surface area contributed by atoms with E-state index in [9.17, 15) is 4.79 Å². The molecule has 0 spiro atoms. The SMILES string of the molecule is Cc1cnn(CCC(=O)Nc2nc3c(s2)C[C@@H](c2ccccc2)CC3)c1. The third kappa shape index (κ3) is 3.85. The molecule has 5 nitrogen and oxygen atoms in total. The number of benzene rings is 1. The normalized spacial score (nSPS) is 16.3. The molecule has 3 aromatic rings. The quantitative estimate of drug-likeness (QED) is 0.744. The lowest BCUT2D eigenvalue weighted by Gasteiger charge is -2.21. The van der Waals surface area contributed by atoms with E-state index in [1.165, 1.54) is 10.4 Å². The molecule has 0 unspecified atom stereocenters. The van der Waals surface area contributed by atoms with Crippen molar-refractivity contribution < 1.29 is 4.79 Å². The highest BCUT2D eigenvalue weighted by molar-refractivity contribution is 7.15. The first-order valence-electron chi connectivity index (χ1n) is 9.00. The maximum absolute atomic E-state index is 12.2. The average Bonchev–Trinajstić information content (AvgIpc) is 3.25. The van der Waals surface area contributed by atoms with Crippen molar-refractivity contribution in [3.63, 3.8) is 0 Å². The van der Waals surface area contributed by atoms with E-state index in [-0.39, 0.29) is 5.91 Å². The van der Waals surface area contributed by atoms with Crippen molar-refractivity contribution >= 4 is 22.4 Å². The molecule has 2 heterocycles. The lowest BCUT2D eigenvalue weighted by atomic mass is 9.85. The van der Waals surface area contributed by atoms with Gasteiger partial charge < -0.3 is 5.32 Å². The summed E-state index contributed by atoms with van der Waals surface area (Å²) in [5.41, 5.74) is 3.65. The molecule has 134 valence electrons. The Morgan fingerprint density at radius 1 is 1.35 bits per heavy atom. The van der Waals surface area contributed by atoms with Crippen LogP contribution in [-0.4, -0.2) is 20.7 Å². The molecule has 0 radical (unpaired) electrons. The van der Waals surface area contributed by atoms with E-state index in [2.05, 4.69) is 45.7 Å². The zero-order valence-corrected chi connectivity index (χ0v) is 15.6. The van der Waals surface area contributed by atoms with E-state index in [0.717, 1.165) is 35.7 Å². The van der Waals surface area contributed by atoms with Crippen LogP contribution in [0.15, 0.2) is 42.7 Å². The number of rotatable bonds is 5. The van der Waals surface area contributed by atoms with Gasteiger partial charge in [0, 0.05) is 24.0 Å². The summed E-state index contributed by atoms with van der Waals surface area (Å²) in [6, 6.07) is 10.7. The summed E-state index contributed by atoms with van der Waals surface area (Å²) >= 11 is 1.62. The minimum Gasteiger partial charge on any atom is -0.302 e. The second kappa shape index (κ2) is 7.41. The minimum absolute atomic E-state index is 0.0103. The Morgan fingerprint density at radius 2 is 2.19 bits per heavy atom. The maximum Gasteiger partial charge on any atom is 0.228 e. The summed E-state index contributed by atoms with van der Waals surface area (Å²) in [6.07, 6.45) is 7.26. The number of fused-ring (bicyclic) bond motifs is 1. The number of nitrogens with one attached hydrogen (secondary N) is 1. The first kappa shape index (κ1) is 17.0. The van der Waals surface area contributed by atoms with Crippen LogP contribution in [0.1, 0.15) is 40.5 Å². The number of thiazole rings is 1. The number of amides is 1. The molecule has 26 heavy (non-hydrogen) atoms. The van der Waals surface area contributed by atoms with Crippen LogP contribution >= 0.6 is 11.3 Å². The molecule has 0 aliphatic heterocycles. The molecule has 2 aromatic heterocycles. The smallest absolute Gasteiger partial charge is 0.228 e. The van der Waals surface area contributed by atoms with E-state index in [4.69, 9.17) is 0 Å². The summed E-state index contributed by atoms with van der Waals surface area (Å²) < 4.78 is 1.80. The van der Waals surface area contributed by atoms with Crippen molar-refractivity contribution in [2.24, 2.45) is 0 Å². The monoisotopic (exact) mass is 366 g/mol. The van der Waals surface area contributed by atoms with Crippen LogP contribution in [0.2, 0.25) is 0 Å². The van der Waals surface area contributed by atoms with Gasteiger partial charge in [-0.15, -0.1) is 11.3 Å². The van der Waals surface area contributed by atoms with Crippen molar-refractivity contribution in [1.82, 2.24) is 14.8 Å². The van der Waals surface area contributed by atoms with Crippen molar-refractivity contribution in [3.05, 3.63) is 64.4 Å². The molecule has 1 aromatic carbocycles. The molecule has 1 aliphatic rings. The number of carbonyl (C=O) groups excluding carboxylic acids is 1. The van der Waals surface area contributed by atoms with Gasteiger partial charge in [-0.3, -0.25) is 9.48 Å². The fourth-order valence-corrected chi connectivity index (χ4v) is 4.53. The molecule has 0 fully saturated rings. The molecule has 0 saturated carbocycles. The van der Waals surface area contributed by atoms with Crippen LogP contribution in [0.3, 0.4) is 0 Å². The maximum atomic E-state index is 12.2. The summed E-state index contributed by atoms with van der Waals surface area (Å²) in [7, 11) is 0. The van der Waals surface area contributed by atoms with Gasteiger partial charge >= 0.3 is 0 Å². The highest BCUT2D eigenvalue weighted by Gasteiger charge is 2.24. The van der Waals surface area contributed by atoms with Crippen molar-refractivity contribution in [1.29, 1.82) is 0 Å². The fourth-order valence-electron chi connectivity index (χ4n) is 3.43. The molecular formula is C20H22N4OS. The van der Waals surface area contributed by atoms with Crippen molar-refractivity contribution in [2.45, 2.75) is 45.1 Å². The molecule has 6 heteroatoms. The summed E-state index contributed by atoms with van der Waals surface area (Å²) in [5, 5.41) is 7.89. The van der Waals surface area contributed by atoms with Crippen LogP contribution in [0.25, 0.3) is 0 Å². The average molecular weight is 366 g/mol. The van der Waals surface area contributed by atoms with Gasteiger partial charge in [0.05, 0.1) is 11.9 Å². The predicted molar refractivity (Wildman–Crippen MR) is 104 cm³/mol. The number of aromatic nitrogens is 3. The standard InChI is InChI=1S/C20H22N4OS/c1-14-12-21-24(13-14)10-9-19(25)23-20-22-17-8-7-16(11-18(17)26-20)15-5-3-2-4-6-15/h2-6,12-13,16H,7-11H2,1H3,(H,22,23,25)/t16-/m0/s1. The summed E-state index contributed by atoms with van der Waals surface area (Å²) in [6.45, 7) is 2.58. The molecule has 1 aliphatic carbocycles. The molecule has 0 saturated heterocycles. The van der Waals surface area contributed by atoms with Gasteiger partial charge in [-0.25, -0.2) is 4.98 Å². The first-order valence-corrected chi connectivity index (χ1v) is 9.81. The van der Waals surface area contributed by atoms with E-state index < -0.39 is 0 Å². The van der Waals surface area contributed by atoms with Gasteiger partial charge in [0.1, 0.15) is 0 Å². The van der Waals surface area contributed by atoms with E-state index in [1.54, 1.807) is 22.2 Å². The number of anilines is 1. The Kier molecular flexibility index (Phi) is 4.84. The van der Waals surface area contributed by atoms with E-state index in [1.807, 2.05) is 13.1 Å². The van der Waals surface area contributed by atoms with Gasteiger partial charge in [0.25, 0.3) is 0 Å². The van der Waals surface area contributed by atoms with Crippen molar-refractivity contribution in [3.8, 4) is 0 Å². The third-order valence-electron chi connectivity index (χ3n) is 4.79. The number of carbonyl (C=O) groups is 1. The van der Waals surface area contributed by atoms with Crippen LogP contribution in [-0.2, 0) is 24.2 Å². The third-order valence-corrected chi connectivity index (χ3v) is 5.82. The van der Waals surface area contributed by atoms with Gasteiger partial charge in [0.15, 0.2) is 5.13 Å². The summed E-state index contributed by atoms with van der Waals surface area (Å²) in [4.78, 5) is 18.2. The Hall–Kier alpha value is -2.47. The zero-order chi connectivity index (χ0) is 17.9. The van der Waals surface area contributed by atoms with Crippen LogP contribution in [0, 0.1) is 6.92 Å². The number of nitrogens with zero attached hydrogens (tertiary/aromatic N) is 3. The number of hydrogen-bond donors (Lipinski definition) is 1. The second-order valence-electron chi connectivity index (χ2n) is 6.82. The van der Waals surface area contributed by atoms with E-state index >= 15 is 0 Å². The summed E-state index contributed by atoms with van der Waals surface area (Å²) in [5.74, 6) is 0.541. The zero-order valence-electron chi connectivity index (χ0n) is 14.8.